The van der Waals surface area contributed by atoms with Crippen molar-refractivity contribution in [2.24, 2.45) is 5.41 Å². The van der Waals surface area contributed by atoms with Gasteiger partial charge in [-0.25, -0.2) is 0 Å². The Kier molecular flexibility index (Phi) is 3.68. The lowest BCUT2D eigenvalue weighted by Crippen LogP contribution is -2.44. The molecule has 0 fully saturated rings. The predicted octanol–water partition coefficient (Wildman–Crippen LogP) is 3.77. The van der Waals surface area contributed by atoms with Crippen LogP contribution in [-0.4, -0.2) is 11.3 Å². The summed E-state index contributed by atoms with van der Waals surface area (Å²) in [5.41, 5.74) is 3.89. The first-order valence-electron chi connectivity index (χ1n) is 7.60. The minimum absolute atomic E-state index is 0.241. The van der Waals surface area contributed by atoms with Gasteiger partial charge in [0.05, 0.1) is 5.69 Å². The van der Waals surface area contributed by atoms with E-state index in [1.807, 2.05) is 42.5 Å². The molecule has 3 rings (SSSR count). The van der Waals surface area contributed by atoms with Gasteiger partial charge in [0.25, 0.3) is 0 Å². The van der Waals surface area contributed by atoms with Gasteiger partial charge in [0.15, 0.2) is 0 Å². The van der Waals surface area contributed by atoms with Gasteiger partial charge < -0.3 is 10.0 Å². The highest BCUT2D eigenvalue weighted by molar-refractivity contribution is 5.64. The average molecular weight is 291 g/mol. The summed E-state index contributed by atoms with van der Waals surface area (Å²) in [5.74, 6) is 6.52. The van der Waals surface area contributed by atoms with Gasteiger partial charge in [-0.3, -0.25) is 0 Å². The molecule has 0 saturated heterocycles. The Morgan fingerprint density at radius 1 is 0.955 bits per heavy atom. The number of rotatable bonds is 1. The molecule has 0 bridgehead atoms. The molecule has 2 heteroatoms. The molecule has 0 radical (unpaired) electrons. The third-order valence-electron chi connectivity index (χ3n) is 3.97. The Hall–Kier alpha value is -2.24. The second kappa shape index (κ2) is 5.51. The van der Waals surface area contributed by atoms with Crippen molar-refractivity contribution < 1.29 is 5.11 Å². The molecule has 1 unspecified atom stereocenters. The molecule has 112 valence electrons. The zero-order valence-electron chi connectivity index (χ0n) is 13.3. The third-order valence-corrected chi connectivity index (χ3v) is 3.97. The first kappa shape index (κ1) is 14.7. The van der Waals surface area contributed by atoms with Crippen molar-refractivity contribution in [3.05, 3.63) is 65.2 Å². The number of para-hydroxylation sites is 1. The fourth-order valence-electron chi connectivity index (χ4n) is 2.70. The van der Waals surface area contributed by atoms with Crippen LogP contribution in [0.15, 0.2) is 48.5 Å². The molecular weight excluding hydrogens is 270 g/mol. The van der Waals surface area contributed by atoms with Gasteiger partial charge in [0.2, 0.25) is 0 Å². The minimum atomic E-state index is -0.582. The SMILES string of the molecule is CC(C)(C)C(O)N1Cc2ccccc2C#Cc2ccccc21. The van der Waals surface area contributed by atoms with Crippen molar-refractivity contribution in [1.82, 2.24) is 0 Å². The average Bonchev–Trinajstić information content (AvgIpc) is 2.48. The summed E-state index contributed by atoms with van der Waals surface area (Å²) in [5, 5.41) is 10.9. The predicted molar refractivity (Wildman–Crippen MR) is 90.5 cm³/mol. The van der Waals surface area contributed by atoms with Crippen molar-refractivity contribution in [2.45, 2.75) is 33.5 Å². The summed E-state index contributed by atoms with van der Waals surface area (Å²) >= 11 is 0. The molecule has 1 N–H and O–H groups in total. The van der Waals surface area contributed by atoms with E-state index in [1.54, 1.807) is 0 Å². The van der Waals surface area contributed by atoms with Gasteiger partial charge in [-0.2, -0.15) is 0 Å². The summed E-state index contributed by atoms with van der Waals surface area (Å²) in [7, 11) is 0. The van der Waals surface area contributed by atoms with Crippen LogP contribution >= 0.6 is 0 Å². The Morgan fingerprint density at radius 3 is 2.27 bits per heavy atom. The molecule has 1 aliphatic heterocycles. The fourth-order valence-corrected chi connectivity index (χ4v) is 2.70. The second-order valence-electron chi connectivity index (χ2n) is 6.79. The lowest BCUT2D eigenvalue weighted by molar-refractivity contribution is 0.0581. The van der Waals surface area contributed by atoms with E-state index in [1.165, 1.54) is 0 Å². The lowest BCUT2D eigenvalue weighted by Gasteiger charge is -2.39. The van der Waals surface area contributed by atoms with E-state index in [-0.39, 0.29) is 5.41 Å². The molecule has 2 nitrogen and oxygen atoms in total. The largest absolute Gasteiger partial charge is 0.373 e. The fraction of sp³-hybridized carbons (Fsp3) is 0.300. The summed E-state index contributed by atoms with van der Waals surface area (Å²) in [6.45, 7) is 6.81. The number of benzene rings is 2. The first-order valence-corrected chi connectivity index (χ1v) is 7.60. The van der Waals surface area contributed by atoms with Crippen LogP contribution in [-0.2, 0) is 6.54 Å². The van der Waals surface area contributed by atoms with Gasteiger partial charge in [0.1, 0.15) is 6.23 Å². The summed E-state index contributed by atoms with van der Waals surface area (Å²) in [6.07, 6.45) is -0.582. The molecule has 0 aliphatic carbocycles. The van der Waals surface area contributed by atoms with Crippen LogP contribution in [0, 0.1) is 17.3 Å². The van der Waals surface area contributed by atoms with Crippen LogP contribution in [0.4, 0.5) is 5.69 Å². The maximum absolute atomic E-state index is 10.9. The highest BCUT2D eigenvalue weighted by Crippen LogP contribution is 2.32. The standard InChI is InChI=1S/C20H21NO/c1-20(2,3)19(22)21-14-17-10-5-4-8-15(17)12-13-16-9-6-7-11-18(16)21/h4-11,19,22H,14H2,1-3H3. The normalized spacial score (nSPS) is 14.8. The van der Waals surface area contributed by atoms with E-state index in [4.69, 9.17) is 0 Å². The maximum atomic E-state index is 10.9. The van der Waals surface area contributed by atoms with Gasteiger partial charge in [-0.1, -0.05) is 62.9 Å². The molecular formula is C20H21NO. The molecule has 22 heavy (non-hydrogen) atoms. The number of nitrogens with zero attached hydrogens (tertiary/aromatic N) is 1. The smallest absolute Gasteiger partial charge is 0.132 e. The van der Waals surface area contributed by atoms with Crippen LogP contribution in [0.25, 0.3) is 0 Å². The van der Waals surface area contributed by atoms with Crippen LogP contribution in [0.2, 0.25) is 0 Å². The van der Waals surface area contributed by atoms with Crippen LogP contribution in [0.3, 0.4) is 0 Å². The maximum Gasteiger partial charge on any atom is 0.132 e. The van der Waals surface area contributed by atoms with E-state index in [0.29, 0.717) is 6.54 Å². The molecule has 0 aromatic heterocycles. The Balaban J connectivity index is 2.17. The van der Waals surface area contributed by atoms with Crippen molar-refractivity contribution in [3.8, 4) is 11.8 Å². The second-order valence-corrected chi connectivity index (χ2v) is 6.79. The van der Waals surface area contributed by atoms with Crippen molar-refractivity contribution in [1.29, 1.82) is 0 Å². The quantitative estimate of drug-likeness (QED) is 0.808. The number of aliphatic hydroxyl groups is 1. The topological polar surface area (TPSA) is 23.5 Å². The number of aliphatic hydroxyl groups excluding tert-OH is 1. The van der Waals surface area contributed by atoms with Crippen LogP contribution in [0.5, 0.6) is 0 Å². The van der Waals surface area contributed by atoms with E-state index >= 15 is 0 Å². The lowest BCUT2D eigenvalue weighted by atomic mass is 9.91. The monoisotopic (exact) mass is 291 g/mol. The van der Waals surface area contributed by atoms with Gasteiger partial charge in [-0.15, -0.1) is 0 Å². The molecule has 1 heterocycles. The summed E-state index contributed by atoms with van der Waals surface area (Å²) in [4.78, 5) is 2.06. The number of anilines is 1. The van der Waals surface area contributed by atoms with Gasteiger partial charge in [0, 0.05) is 23.1 Å². The molecule has 0 spiro atoms. The zero-order valence-corrected chi connectivity index (χ0v) is 13.3. The van der Waals surface area contributed by atoms with Crippen molar-refractivity contribution in [2.75, 3.05) is 4.90 Å². The molecule has 2 aromatic rings. The van der Waals surface area contributed by atoms with E-state index in [2.05, 4.69) is 43.6 Å². The molecule has 2 aromatic carbocycles. The summed E-state index contributed by atoms with van der Waals surface area (Å²) in [6, 6.07) is 16.2. The Labute approximate surface area is 132 Å². The highest BCUT2D eigenvalue weighted by Gasteiger charge is 2.30. The molecule has 0 saturated carbocycles. The molecule has 0 amide bonds. The highest BCUT2D eigenvalue weighted by atomic mass is 16.3. The van der Waals surface area contributed by atoms with Crippen molar-refractivity contribution >= 4 is 5.69 Å². The Morgan fingerprint density at radius 2 is 1.55 bits per heavy atom. The zero-order chi connectivity index (χ0) is 15.7. The number of fused-ring (bicyclic) bond motifs is 2. The Bertz CT molecular complexity index is 746. The minimum Gasteiger partial charge on any atom is -0.373 e. The van der Waals surface area contributed by atoms with Crippen LogP contribution in [0.1, 0.15) is 37.5 Å². The number of hydrogen-bond acceptors (Lipinski definition) is 2. The van der Waals surface area contributed by atoms with Crippen molar-refractivity contribution in [3.63, 3.8) is 0 Å². The van der Waals surface area contributed by atoms with E-state index < -0.39 is 6.23 Å². The van der Waals surface area contributed by atoms with Gasteiger partial charge >= 0.3 is 0 Å². The first-order chi connectivity index (χ1) is 10.5. The van der Waals surface area contributed by atoms with Gasteiger partial charge in [-0.05, 0) is 23.8 Å². The van der Waals surface area contributed by atoms with E-state index in [0.717, 1.165) is 22.4 Å². The summed E-state index contributed by atoms with van der Waals surface area (Å²) < 4.78 is 0. The third kappa shape index (κ3) is 2.73. The van der Waals surface area contributed by atoms with E-state index in [9.17, 15) is 5.11 Å². The van der Waals surface area contributed by atoms with Crippen LogP contribution < -0.4 is 4.90 Å². The molecule has 1 atom stereocenters. The molecule has 1 aliphatic rings. The number of hydrogen-bond donors (Lipinski definition) is 1.